The van der Waals surface area contributed by atoms with E-state index in [2.05, 4.69) is 0 Å². The van der Waals surface area contributed by atoms with E-state index < -0.39 is 15.3 Å². The lowest BCUT2D eigenvalue weighted by molar-refractivity contribution is -0.138. The van der Waals surface area contributed by atoms with Gasteiger partial charge in [-0.15, -0.1) is 0 Å². The van der Waals surface area contributed by atoms with Gasteiger partial charge in [-0.25, -0.2) is 8.42 Å². The topological polar surface area (TPSA) is 80.5 Å². The van der Waals surface area contributed by atoms with Crippen molar-refractivity contribution in [3.05, 3.63) is 0 Å². The first-order chi connectivity index (χ1) is 6.60. The van der Waals surface area contributed by atoms with Gasteiger partial charge in [0, 0.05) is 26.4 Å². The lowest BCUT2D eigenvalue weighted by atomic mass is 9.92. The second-order valence-electron chi connectivity index (χ2n) is 4.44. The van der Waals surface area contributed by atoms with Crippen molar-refractivity contribution in [1.29, 1.82) is 0 Å². The maximum atomic E-state index is 11.8. The molecule has 0 spiro atoms. The summed E-state index contributed by atoms with van der Waals surface area (Å²) in [6, 6.07) is 0. The third-order valence-electron chi connectivity index (χ3n) is 2.23. The fourth-order valence-electron chi connectivity index (χ4n) is 1.01. The van der Waals surface area contributed by atoms with Crippen LogP contribution in [0.1, 0.15) is 13.8 Å². The van der Waals surface area contributed by atoms with E-state index in [1.54, 1.807) is 20.9 Å². The van der Waals surface area contributed by atoms with E-state index in [1.807, 2.05) is 0 Å². The summed E-state index contributed by atoms with van der Waals surface area (Å²) in [4.78, 5) is 13.2. The van der Waals surface area contributed by atoms with Crippen molar-refractivity contribution in [1.82, 2.24) is 4.90 Å². The molecule has 0 heterocycles. The molecule has 90 valence electrons. The molecule has 0 atom stereocenters. The Kier molecular flexibility index (Phi) is 4.73. The summed E-state index contributed by atoms with van der Waals surface area (Å²) >= 11 is 0. The zero-order valence-corrected chi connectivity index (χ0v) is 10.6. The van der Waals surface area contributed by atoms with Crippen LogP contribution in [0.25, 0.3) is 0 Å². The van der Waals surface area contributed by atoms with E-state index >= 15 is 0 Å². The average molecular weight is 236 g/mol. The second-order valence-corrected chi connectivity index (χ2v) is 6.70. The van der Waals surface area contributed by atoms with Crippen molar-refractivity contribution in [2.24, 2.45) is 11.1 Å². The van der Waals surface area contributed by atoms with Crippen molar-refractivity contribution in [2.75, 3.05) is 32.1 Å². The fraction of sp³-hybridized carbons (Fsp3) is 0.889. The lowest BCUT2D eigenvalue weighted by Gasteiger charge is -2.27. The maximum absolute atomic E-state index is 11.8. The maximum Gasteiger partial charge on any atom is 0.229 e. The highest BCUT2D eigenvalue weighted by atomic mass is 32.2. The normalized spacial score (nSPS) is 12.6. The summed E-state index contributed by atoms with van der Waals surface area (Å²) in [5.74, 6) is -0.149. The molecule has 15 heavy (non-hydrogen) atoms. The quantitative estimate of drug-likeness (QED) is 0.696. The number of amides is 1. The Morgan fingerprint density at radius 2 is 1.87 bits per heavy atom. The number of carbonyl (C=O) groups excluding carboxylic acids is 1. The number of nitrogens with zero attached hydrogens (tertiary/aromatic N) is 1. The predicted molar refractivity (Wildman–Crippen MR) is 60.2 cm³/mol. The van der Waals surface area contributed by atoms with Crippen LogP contribution >= 0.6 is 0 Å². The third-order valence-corrected chi connectivity index (χ3v) is 3.16. The van der Waals surface area contributed by atoms with Gasteiger partial charge in [0.15, 0.2) is 0 Å². The molecule has 5 nitrogen and oxygen atoms in total. The van der Waals surface area contributed by atoms with Crippen LogP contribution in [0.15, 0.2) is 0 Å². The molecule has 6 heteroatoms. The summed E-state index contributed by atoms with van der Waals surface area (Å²) < 4.78 is 21.8. The Morgan fingerprint density at radius 1 is 1.40 bits per heavy atom. The summed E-state index contributed by atoms with van der Waals surface area (Å²) in [6.45, 7) is 3.94. The molecule has 0 aliphatic carbocycles. The van der Waals surface area contributed by atoms with Gasteiger partial charge in [-0.1, -0.05) is 0 Å². The van der Waals surface area contributed by atoms with E-state index in [4.69, 9.17) is 5.73 Å². The number of carbonyl (C=O) groups is 1. The Labute approximate surface area is 91.5 Å². The minimum Gasteiger partial charge on any atom is -0.344 e. The van der Waals surface area contributed by atoms with Gasteiger partial charge in [0.25, 0.3) is 0 Å². The van der Waals surface area contributed by atoms with Crippen LogP contribution in [0.5, 0.6) is 0 Å². The summed E-state index contributed by atoms with van der Waals surface area (Å²) in [5.41, 5.74) is 4.83. The Morgan fingerprint density at radius 3 is 2.20 bits per heavy atom. The van der Waals surface area contributed by atoms with Crippen molar-refractivity contribution in [3.8, 4) is 0 Å². The molecule has 2 N–H and O–H groups in total. The SMILES string of the molecule is CN(CCS(C)(=O)=O)C(=O)C(C)(C)CN. The number of rotatable bonds is 5. The van der Waals surface area contributed by atoms with Gasteiger partial charge >= 0.3 is 0 Å². The van der Waals surface area contributed by atoms with Crippen LogP contribution in [0.3, 0.4) is 0 Å². The van der Waals surface area contributed by atoms with Gasteiger partial charge in [-0.05, 0) is 13.8 Å². The fourth-order valence-corrected chi connectivity index (χ4v) is 1.61. The molecule has 0 bridgehead atoms. The van der Waals surface area contributed by atoms with Gasteiger partial charge in [-0.2, -0.15) is 0 Å². The largest absolute Gasteiger partial charge is 0.344 e. The zero-order chi connectivity index (χ0) is 12.3. The van der Waals surface area contributed by atoms with Crippen LogP contribution in [-0.4, -0.2) is 51.4 Å². The summed E-state index contributed by atoms with van der Waals surface area (Å²) in [5, 5.41) is 0. The van der Waals surface area contributed by atoms with E-state index in [9.17, 15) is 13.2 Å². The number of hydrogen-bond acceptors (Lipinski definition) is 4. The zero-order valence-electron chi connectivity index (χ0n) is 9.78. The molecule has 0 saturated heterocycles. The van der Waals surface area contributed by atoms with Gasteiger partial charge < -0.3 is 10.6 Å². The highest BCUT2D eigenvalue weighted by Gasteiger charge is 2.28. The molecule has 0 saturated carbocycles. The minimum atomic E-state index is -3.03. The van der Waals surface area contributed by atoms with Crippen molar-refractivity contribution < 1.29 is 13.2 Å². The van der Waals surface area contributed by atoms with E-state index in [0.717, 1.165) is 6.26 Å². The Balaban J connectivity index is 4.36. The van der Waals surface area contributed by atoms with Crippen molar-refractivity contribution >= 4 is 15.7 Å². The van der Waals surface area contributed by atoms with Gasteiger partial charge in [0.2, 0.25) is 5.91 Å². The third kappa shape index (κ3) is 5.13. The van der Waals surface area contributed by atoms with Gasteiger partial charge in [-0.3, -0.25) is 4.79 Å². The molecule has 0 unspecified atom stereocenters. The molecule has 0 fully saturated rings. The number of nitrogens with two attached hydrogens (primary N) is 1. The molecule has 0 aromatic carbocycles. The smallest absolute Gasteiger partial charge is 0.229 e. The van der Waals surface area contributed by atoms with Crippen LogP contribution in [0, 0.1) is 5.41 Å². The van der Waals surface area contributed by atoms with E-state index in [1.165, 1.54) is 4.90 Å². The van der Waals surface area contributed by atoms with Crippen LogP contribution in [0.4, 0.5) is 0 Å². The lowest BCUT2D eigenvalue weighted by Crippen LogP contribution is -2.44. The predicted octanol–water partition coefficient (Wildman–Crippen LogP) is -0.526. The van der Waals surface area contributed by atoms with Gasteiger partial charge in [0.05, 0.1) is 11.2 Å². The molecular formula is C9H20N2O3S. The molecular weight excluding hydrogens is 216 g/mol. The highest BCUT2D eigenvalue weighted by molar-refractivity contribution is 7.90. The second kappa shape index (κ2) is 4.94. The molecule has 1 amide bonds. The first-order valence-electron chi connectivity index (χ1n) is 4.73. The minimum absolute atomic E-state index is 0.0180. The Hall–Kier alpha value is -0.620. The molecule has 0 aromatic rings. The summed E-state index contributed by atoms with van der Waals surface area (Å²) in [7, 11) is -1.44. The van der Waals surface area contributed by atoms with Crippen molar-refractivity contribution in [3.63, 3.8) is 0 Å². The average Bonchev–Trinajstić information content (AvgIpc) is 2.11. The molecule has 0 aliphatic rings. The summed E-state index contributed by atoms with van der Waals surface area (Å²) in [6.07, 6.45) is 1.15. The first kappa shape index (κ1) is 14.4. The molecule has 0 radical (unpaired) electrons. The van der Waals surface area contributed by atoms with Crippen LogP contribution in [0.2, 0.25) is 0 Å². The van der Waals surface area contributed by atoms with Crippen LogP contribution in [-0.2, 0) is 14.6 Å². The monoisotopic (exact) mass is 236 g/mol. The van der Waals surface area contributed by atoms with E-state index in [0.29, 0.717) is 0 Å². The molecule has 0 aromatic heterocycles. The molecule has 0 aliphatic heterocycles. The number of hydrogen-bond donors (Lipinski definition) is 1. The first-order valence-corrected chi connectivity index (χ1v) is 6.79. The highest BCUT2D eigenvalue weighted by Crippen LogP contribution is 2.15. The molecule has 0 rings (SSSR count). The van der Waals surface area contributed by atoms with Gasteiger partial charge in [0.1, 0.15) is 9.84 Å². The van der Waals surface area contributed by atoms with E-state index in [-0.39, 0.29) is 24.7 Å². The number of sulfone groups is 1. The van der Waals surface area contributed by atoms with Crippen molar-refractivity contribution in [2.45, 2.75) is 13.8 Å². The Bertz CT molecular complexity index is 322. The standard InChI is InChI=1S/C9H20N2O3S/c1-9(2,7-10)8(12)11(3)5-6-15(4,13)14/h5-7,10H2,1-4H3. The van der Waals surface area contributed by atoms with Crippen LogP contribution < -0.4 is 5.73 Å².